The molecule has 1 aliphatic heterocycles. The Hall–Kier alpha value is -0.670. The summed E-state index contributed by atoms with van der Waals surface area (Å²) in [6, 6.07) is 4.78. The number of benzene rings is 1. The van der Waals surface area contributed by atoms with Gasteiger partial charge in [-0.05, 0) is 44.0 Å². The molecular weight excluding hydrogens is 338 g/mol. The van der Waals surface area contributed by atoms with Crippen LogP contribution in [0.2, 0.25) is 0 Å². The van der Waals surface area contributed by atoms with Crippen LogP contribution >= 0.6 is 10.7 Å². The molecule has 0 saturated carbocycles. The van der Waals surface area contributed by atoms with Gasteiger partial charge in [0.05, 0.1) is 9.79 Å². The van der Waals surface area contributed by atoms with Crippen molar-refractivity contribution in [2.45, 2.75) is 35.1 Å². The standard InChI is InChI=1S/C12H16ClNO5S2/c1-12(6-8-19-9-7-12)14-21(17,18)11-4-2-10(3-5-11)20(13,15)16/h2-5,14H,6-9H2,1H3. The van der Waals surface area contributed by atoms with Gasteiger partial charge in [-0.2, -0.15) is 0 Å². The van der Waals surface area contributed by atoms with E-state index in [0.717, 1.165) is 0 Å². The van der Waals surface area contributed by atoms with Crippen LogP contribution in [-0.4, -0.2) is 35.6 Å². The Morgan fingerprint density at radius 1 is 1.05 bits per heavy atom. The van der Waals surface area contributed by atoms with Crippen LogP contribution in [0.15, 0.2) is 34.1 Å². The fourth-order valence-corrected chi connectivity index (χ4v) is 4.32. The molecule has 118 valence electrons. The van der Waals surface area contributed by atoms with E-state index in [1.165, 1.54) is 24.3 Å². The first kappa shape index (κ1) is 16.7. The molecule has 0 bridgehead atoms. The van der Waals surface area contributed by atoms with E-state index in [0.29, 0.717) is 26.1 Å². The van der Waals surface area contributed by atoms with Gasteiger partial charge in [-0.25, -0.2) is 21.6 Å². The molecule has 0 aromatic heterocycles. The lowest BCUT2D eigenvalue weighted by Gasteiger charge is -2.33. The number of hydrogen-bond acceptors (Lipinski definition) is 5. The number of hydrogen-bond donors (Lipinski definition) is 1. The molecule has 6 nitrogen and oxygen atoms in total. The van der Waals surface area contributed by atoms with Gasteiger partial charge < -0.3 is 4.74 Å². The summed E-state index contributed by atoms with van der Waals surface area (Å²) in [6.07, 6.45) is 1.17. The fraction of sp³-hybridized carbons (Fsp3) is 0.500. The van der Waals surface area contributed by atoms with E-state index in [-0.39, 0.29) is 9.79 Å². The van der Waals surface area contributed by atoms with Gasteiger partial charge in [0.1, 0.15) is 0 Å². The number of ether oxygens (including phenoxy) is 1. The van der Waals surface area contributed by atoms with Gasteiger partial charge in [-0.1, -0.05) is 0 Å². The molecule has 1 N–H and O–H groups in total. The average Bonchev–Trinajstić information content (AvgIpc) is 2.37. The Bertz CT molecular complexity index is 707. The van der Waals surface area contributed by atoms with Crippen LogP contribution in [0.1, 0.15) is 19.8 Å². The molecule has 1 aromatic carbocycles. The Morgan fingerprint density at radius 3 is 2.00 bits per heavy atom. The number of nitrogens with one attached hydrogen (secondary N) is 1. The van der Waals surface area contributed by atoms with Crippen LogP contribution < -0.4 is 4.72 Å². The minimum atomic E-state index is -3.86. The van der Waals surface area contributed by atoms with Crippen molar-refractivity contribution in [2.24, 2.45) is 0 Å². The summed E-state index contributed by atoms with van der Waals surface area (Å²) in [4.78, 5) is -0.139. The minimum absolute atomic E-state index is 0.000663. The van der Waals surface area contributed by atoms with Crippen LogP contribution in [0.4, 0.5) is 0 Å². The number of sulfonamides is 1. The van der Waals surface area contributed by atoms with Crippen molar-refractivity contribution < 1.29 is 21.6 Å². The van der Waals surface area contributed by atoms with E-state index in [1.807, 2.05) is 6.92 Å². The van der Waals surface area contributed by atoms with Crippen LogP contribution in [-0.2, 0) is 23.8 Å². The zero-order valence-electron chi connectivity index (χ0n) is 11.4. The molecule has 0 aliphatic carbocycles. The zero-order chi connectivity index (χ0) is 15.7. The minimum Gasteiger partial charge on any atom is -0.381 e. The second kappa shape index (κ2) is 5.85. The van der Waals surface area contributed by atoms with Crippen LogP contribution in [0.25, 0.3) is 0 Å². The molecule has 1 fully saturated rings. The van der Waals surface area contributed by atoms with Crippen molar-refractivity contribution in [1.29, 1.82) is 0 Å². The normalized spacial score (nSPS) is 19.3. The highest BCUT2D eigenvalue weighted by molar-refractivity contribution is 8.13. The second-order valence-electron chi connectivity index (χ2n) is 5.19. The van der Waals surface area contributed by atoms with Crippen molar-refractivity contribution in [3.8, 4) is 0 Å². The van der Waals surface area contributed by atoms with Crippen LogP contribution in [0, 0.1) is 0 Å². The average molecular weight is 354 g/mol. The van der Waals surface area contributed by atoms with Gasteiger partial charge in [0.2, 0.25) is 10.0 Å². The monoisotopic (exact) mass is 353 g/mol. The lowest BCUT2D eigenvalue weighted by atomic mass is 9.94. The Balaban J connectivity index is 2.23. The molecule has 2 rings (SSSR count). The molecule has 0 atom stereocenters. The maximum atomic E-state index is 12.3. The SMILES string of the molecule is CC1(NS(=O)(=O)c2ccc(S(=O)(=O)Cl)cc2)CCOCC1. The third-order valence-electron chi connectivity index (χ3n) is 3.39. The zero-order valence-corrected chi connectivity index (χ0v) is 13.8. The van der Waals surface area contributed by atoms with Gasteiger partial charge in [0.25, 0.3) is 9.05 Å². The van der Waals surface area contributed by atoms with E-state index in [4.69, 9.17) is 15.4 Å². The summed E-state index contributed by atoms with van der Waals surface area (Å²) in [5, 5.41) is 0. The molecule has 1 heterocycles. The number of rotatable bonds is 4. The molecule has 0 spiro atoms. The summed E-state index contributed by atoms with van der Waals surface area (Å²) in [5.41, 5.74) is -0.561. The smallest absolute Gasteiger partial charge is 0.261 e. The first-order valence-electron chi connectivity index (χ1n) is 6.29. The maximum Gasteiger partial charge on any atom is 0.261 e. The van der Waals surface area contributed by atoms with Crippen molar-refractivity contribution in [2.75, 3.05) is 13.2 Å². The summed E-state index contributed by atoms with van der Waals surface area (Å²) < 4.78 is 54.8. The molecule has 21 heavy (non-hydrogen) atoms. The maximum absolute atomic E-state index is 12.3. The van der Waals surface area contributed by atoms with E-state index >= 15 is 0 Å². The Labute approximate surface area is 128 Å². The predicted molar refractivity (Wildman–Crippen MR) is 78.3 cm³/mol. The Kier molecular flexibility index (Phi) is 4.65. The predicted octanol–water partition coefficient (Wildman–Crippen LogP) is 1.46. The van der Waals surface area contributed by atoms with E-state index in [1.54, 1.807) is 0 Å². The molecule has 0 unspecified atom stereocenters. The lowest BCUT2D eigenvalue weighted by Crippen LogP contribution is -2.49. The highest BCUT2D eigenvalue weighted by Crippen LogP contribution is 2.24. The van der Waals surface area contributed by atoms with Crippen molar-refractivity contribution in [3.05, 3.63) is 24.3 Å². The van der Waals surface area contributed by atoms with Crippen molar-refractivity contribution >= 4 is 29.8 Å². The molecule has 0 amide bonds. The first-order chi connectivity index (χ1) is 9.62. The van der Waals surface area contributed by atoms with Gasteiger partial charge in [0.15, 0.2) is 0 Å². The second-order valence-corrected chi connectivity index (χ2v) is 9.44. The molecule has 1 aromatic rings. The molecular formula is C12H16ClNO5S2. The van der Waals surface area contributed by atoms with Crippen LogP contribution in [0.5, 0.6) is 0 Å². The molecule has 0 radical (unpaired) electrons. The number of halogens is 1. The highest BCUT2D eigenvalue weighted by atomic mass is 35.7. The van der Waals surface area contributed by atoms with Gasteiger partial charge in [0, 0.05) is 29.4 Å². The van der Waals surface area contributed by atoms with Gasteiger partial charge in [-0.15, -0.1) is 0 Å². The lowest BCUT2D eigenvalue weighted by molar-refractivity contribution is 0.0537. The van der Waals surface area contributed by atoms with E-state index < -0.39 is 24.6 Å². The molecule has 9 heteroatoms. The first-order valence-corrected chi connectivity index (χ1v) is 10.1. The third-order valence-corrected chi connectivity index (χ3v) is 6.42. The van der Waals surface area contributed by atoms with Crippen molar-refractivity contribution in [3.63, 3.8) is 0 Å². The summed E-state index contributed by atoms with van der Waals surface area (Å²) >= 11 is 0. The molecule has 1 aliphatic rings. The highest BCUT2D eigenvalue weighted by Gasteiger charge is 2.32. The topological polar surface area (TPSA) is 89.5 Å². The van der Waals surface area contributed by atoms with Gasteiger partial charge in [-0.3, -0.25) is 0 Å². The fourth-order valence-electron chi connectivity index (χ4n) is 2.09. The summed E-state index contributed by atoms with van der Waals surface area (Å²) in [7, 11) is -2.39. The quantitative estimate of drug-likeness (QED) is 0.828. The van der Waals surface area contributed by atoms with Crippen molar-refractivity contribution in [1.82, 2.24) is 4.72 Å². The van der Waals surface area contributed by atoms with E-state index in [2.05, 4.69) is 4.72 Å². The summed E-state index contributed by atoms with van der Waals surface area (Å²) in [5.74, 6) is 0. The van der Waals surface area contributed by atoms with Gasteiger partial charge >= 0.3 is 0 Å². The Morgan fingerprint density at radius 2 is 1.52 bits per heavy atom. The summed E-state index contributed by atoms with van der Waals surface area (Å²) in [6.45, 7) is 2.83. The molecule has 1 saturated heterocycles. The van der Waals surface area contributed by atoms with Crippen LogP contribution in [0.3, 0.4) is 0 Å². The largest absolute Gasteiger partial charge is 0.381 e. The van der Waals surface area contributed by atoms with E-state index in [9.17, 15) is 16.8 Å². The third kappa shape index (κ3) is 4.17.